The maximum Gasteiger partial charge on any atom is 0.0628 e. The fraction of sp³-hybridized carbons (Fsp3) is 1.00. The van der Waals surface area contributed by atoms with E-state index in [4.69, 9.17) is 10.8 Å². The minimum Gasteiger partial charge on any atom is -0.392 e. The van der Waals surface area contributed by atoms with E-state index in [1.807, 2.05) is 13.8 Å². The molecule has 3 atom stereocenters. The van der Waals surface area contributed by atoms with Crippen molar-refractivity contribution in [1.29, 1.82) is 0 Å². The SMILES string of the molecule is CC(N)CSC(C)C(C)O. The maximum atomic E-state index is 9.07. The van der Waals surface area contributed by atoms with E-state index in [9.17, 15) is 0 Å². The van der Waals surface area contributed by atoms with Crippen LogP contribution in [0, 0.1) is 0 Å². The molecule has 0 aromatic carbocycles. The van der Waals surface area contributed by atoms with E-state index in [2.05, 4.69) is 0 Å². The van der Waals surface area contributed by atoms with Gasteiger partial charge in [0.2, 0.25) is 0 Å². The summed E-state index contributed by atoms with van der Waals surface area (Å²) in [5, 5.41) is 9.37. The van der Waals surface area contributed by atoms with Crippen LogP contribution in [-0.2, 0) is 0 Å². The second-order valence-corrected chi connectivity index (χ2v) is 4.17. The Labute approximate surface area is 67.2 Å². The third-order valence-corrected chi connectivity index (χ3v) is 2.94. The van der Waals surface area contributed by atoms with Gasteiger partial charge < -0.3 is 10.8 Å². The van der Waals surface area contributed by atoms with Crippen molar-refractivity contribution in [3.63, 3.8) is 0 Å². The predicted molar refractivity (Wildman–Crippen MR) is 47.3 cm³/mol. The highest BCUT2D eigenvalue weighted by atomic mass is 32.2. The Morgan fingerprint density at radius 3 is 2.20 bits per heavy atom. The summed E-state index contributed by atoms with van der Waals surface area (Å²) in [7, 11) is 0. The van der Waals surface area contributed by atoms with Crippen LogP contribution in [0.3, 0.4) is 0 Å². The maximum absolute atomic E-state index is 9.07. The molecule has 3 heteroatoms. The summed E-state index contributed by atoms with van der Waals surface area (Å²) in [5.41, 5.74) is 5.54. The molecule has 0 spiro atoms. The van der Waals surface area contributed by atoms with Gasteiger partial charge in [0.05, 0.1) is 6.10 Å². The highest BCUT2D eigenvalue weighted by molar-refractivity contribution is 7.99. The summed E-state index contributed by atoms with van der Waals surface area (Å²) in [6, 6.07) is 0.228. The minimum atomic E-state index is -0.233. The van der Waals surface area contributed by atoms with Crippen molar-refractivity contribution in [2.45, 2.75) is 38.2 Å². The van der Waals surface area contributed by atoms with Gasteiger partial charge >= 0.3 is 0 Å². The molecule has 0 aromatic rings. The van der Waals surface area contributed by atoms with Crippen molar-refractivity contribution in [3.05, 3.63) is 0 Å². The fourth-order valence-corrected chi connectivity index (χ4v) is 1.33. The highest BCUT2D eigenvalue weighted by Gasteiger charge is 2.08. The van der Waals surface area contributed by atoms with Gasteiger partial charge in [-0.05, 0) is 13.8 Å². The number of nitrogens with two attached hydrogens (primary N) is 1. The van der Waals surface area contributed by atoms with Gasteiger partial charge in [0.25, 0.3) is 0 Å². The van der Waals surface area contributed by atoms with Crippen LogP contribution in [0.15, 0.2) is 0 Å². The summed E-state index contributed by atoms with van der Waals surface area (Å²) < 4.78 is 0. The van der Waals surface area contributed by atoms with E-state index >= 15 is 0 Å². The third-order valence-electron chi connectivity index (χ3n) is 1.30. The molecule has 0 bridgehead atoms. The van der Waals surface area contributed by atoms with Crippen LogP contribution in [0.25, 0.3) is 0 Å². The smallest absolute Gasteiger partial charge is 0.0628 e. The van der Waals surface area contributed by atoms with Crippen LogP contribution >= 0.6 is 11.8 Å². The Morgan fingerprint density at radius 2 is 1.90 bits per heavy atom. The van der Waals surface area contributed by atoms with E-state index in [0.29, 0.717) is 5.25 Å². The lowest BCUT2D eigenvalue weighted by Crippen LogP contribution is -2.22. The molecule has 62 valence electrons. The number of aliphatic hydroxyl groups is 1. The van der Waals surface area contributed by atoms with Crippen LogP contribution in [0.2, 0.25) is 0 Å². The van der Waals surface area contributed by atoms with E-state index < -0.39 is 0 Å². The first-order valence-electron chi connectivity index (χ1n) is 3.59. The Kier molecular flexibility index (Phi) is 5.13. The zero-order valence-electron chi connectivity index (χ0n) is 6.87. The molecule has 0 amide bonds. The van der Waals surface area contributed by atoms with Gasteiger partial charge in [-0.15, -0.1) is 0 Å². The molecule has 0 fully saturated rings. The first-order valence-corrected chi connectivity index (χ1v) is 4.64. The summed E-state index contributed by atoms with van der Waals surface area (Å²) in [4.78, 5) is 0. The molecule has 0 heterocycles. The highest BCUT2D eigenvalue weighted by Crippen LogP contribution is 2.14. The van der Waals surface area contributed by atoms with E-state index in [-0.39, 0.29) is 12.1 Å². The van der Waals surface area contributed by atoms with Crippen LogP contribution in [0.1, 0.15) is 20.8 Å². The number of thioether (sulfide) groups is 1. The molecule has 0 radical (unpaired) electrons. The molecule has 3 N–H and O–H groups in total. The second kappa shape index (κ2) is 4.99. The molecule has 0 aliphatic carbocycles. The average Bonchev–Trinajstić information content (AvgIpc) is 1.82. The quantitative estimate of drug-likeness (QED) is 0.645. The van der Waals surface area contributed by atoms with E-state index in [1.165, 1.54) is 0 Å². The van der Waals surface area contributed by atoms with Crippen molar-refractivity contribution in [2.24, 2.45) is 5.73 Å². The standard InChI is InChI=1S/C7H17NOS/c1-5(8)4-10-7(3)6(2)9/h5-7,9H,4,8H2,1-3H3. The number of aliphatic hydroxyl groups excluding tert-OH is 1. The third kappa shape index (κ3) is 5.09. The van der Waals surface area contributed by atoms with Gasteiger partial charge in [0.1, 0.15) is 0 Å². The monoisotopic (exact) mass is 163 g/mol. The first kappa shape index (κ1) is 10.3. The lowest BCUT2D eigenvalue weighted by Gasteiger charge is -2.14. The molecule has 10 heavy (non-hydrogen) atoms. The summed E-state index contributed by atoms with van der Waals surface area (Å²) in [6.07, 6.45) is -0.233. The van der Waals surface area contributed by atoms with Gasteiger partial charge in [-0.25, -0.2) is 0 Å². The van der Waals surface area contributed by atoms with Gasteiger partial charge in [-0.3, -0.25) is 0 Å². The molecular weight excluding hydrogens is 146 g/mol. The summed E-state index contributed by atoms with van der Waals surface area (Å²) >= 11 is 1.72. The molecule has 0 aliphatic rings. The Bertz CT molecular complexity index is 85.7. The van der Waals surface area contributed by atoms with Crippen LogP contribution in [-0.4, -0.2) is 28.3 Å². The molecular formula is C7H17NOS. The van der Waals surface area contributed by atoms with Crippen molar-refractivity contribution in [2.75, 3.05) is 5.75 Å². The van der Waals surface area contributed by atoms with Gasteiger partial charge in [-0.2, -0.15) is 11.8 Å². The first-order chi connectivity index (χ1) is 4.54. The molecule has 0 aliphatic heterocycles. The number of rotatable bonds is 4. The second-order valence-electron chi connectivity index (χ2n) is 2.76. The van der Waals surface area contributed by atoms with Gasteiger partial charge in [-0.1, -0.05) is 6.92 Å². The van der Waals surface area contributed by atoms with Gasteiger partial charge in [0, 0.05) is 17.0 Å². The number of hydrogen-bond donors (Lipinski definition) is 2. The predicted octanol–water partition coefficient (Wildman–Crippen LogP) is 0.836. The van der Waals surface area contributed by atoms with Crippen molar-refractivity contribution in [3.8, 4) is 0 Å². The molecule has 0 rings (SSSR count). The minimum absolute atomic E-state index is 0.228. The number of hydrogen-bond acceptors (Lipinski definition) is 3. The molecule has 0 saturated heterocycles. The molecule has 0 aromatic heterocycles. The zero-order valence-corrected chi connectivity index (χ0v) is 7.69. The Balaban J connectivity index is 3.30. The Hall–Kier alpha value is 0.270. The van der Waals surface area contributed by atoms with Crippen molar-refractivity contribution in [1.82, 2.24) is 0 Å². The lowest BCUT2D eigenvalue weighted by molar-refractivity contribution is 0.196. The summed E-state index contributed by atoms with van der Waals surface area (Å²) in [6.45, 7) is 5.79. The van der Waals surface area contributed by atoms with Crippen molar-refractivity contribution >= 4 is 11.8 Å². The average molecular weight is 163 g/mol. The molecule has 3 unspecified atom stereocenters. The molecule has 2 nitrogen and oxygen atoms in total. The van der Waals surface area contributed by atoms with Crippen LogP contribution in [0.4, 0.5) is 0 Å². The van der Waals surface area contributed by atoms with Crippen LogP contribution in [0.5, 0.6) is 0 Å². The lowest BCUT2D eigenvalue weighted by atomic mass is 10.3. The largest absolute Gasteiger partial charge is 0.392 e. The fourth-order valence-electron chi connectivity index (χ4n) is 0.443. The van der Waals surface area contributed by atoms with Gasteiger partial charge in [0.15, 0.2) is 0 Å². The molecule has 0 saturated carbocycles. The topological polar surface area (TPSA) is 46.2 Å². The normalized spacial score (nSPS) is 20.1. The van der Waals surface area contributed by atoms with Crippen LogP contribution < -0.4 is 5.73 Å². The summed E-state index contributed by atoms with van der Waals surface area (Å²) in [5.74, 6) is 0.923. The van der Waals surface area contributed by atoms with E-state index in [1.54, 1.807) is 18.7 Å². The zero-order chi connectivity index (χ0) is 8.15. The van der Waals surface area contributed by atoms with E-state index in [0.717, 1.165) is 5.75 Å². The Morgan fingerprint density at radius 1 is 1.40 bits per heavy atom. The van der Waals surface area contributed by atoms with Crippen molar-refractivity contribution < 1.29 is 5.11 Å².